The maximum atomic E-state index is 9.27. The van der Waals surface area contributed by atoms with Crippen molar-refractivity contribution in [2.75, 3.05) is 0 Å². The molecule has 2 aromatic carbocycles. The van der Waals surface area contributed by atoms with Gasteiger partial charge in [0.05, 0.1) is 0 Å². The molecule has 21 heavy (non-hydrogen) atoms. The first-order valence-corrected chi connectivity index (χ1v) is 8.58. The molecule has 0 radical (unpaired) electrons. The summed E-state index contributed by atoms with van der Waals surface area (Å²) in [6, 6.07) is 14.2. The van der Waals surface area contributed by atoms with Crippen LogP contribution in [0.15, 0.2) is 51.4 Å². The van der Waals surface area contributed by atoms with E-state index >= 15 is 0 Å². The third-order valence-electron chi connectivity index (χ3n) is 3.44. The minimum Gasteiger partial charge on any atom is -0.508 e. The second kappa shape index (κ2) is 7.97. The van der Waals surface area contributed by atoms with Gasteiger partial charge in [-0.25, -0.2) is 0 Å². The van der Waals surface area contributed by atoms with E-state index in [2.05, 4.69) is 62.3 Å². The summed E-state index contributed by atoms with van der Waals surface area (Å²) in [4.78, 5) is 0. The number of nitrogens with one attached hydrogen (secondary N) is 1. The van der Waals surface area contributed by atoms with E-state index in [0.717, 1.165) is 28.3 Å². The van der Waals surface area contributed by atoms with Crippen LogP contribution in [-0.4, -0.2) is 11.1 Å². The predicted octanol–water partition coefficient (Wildman–Crippen LogP) is 5.03. The number of halogens is 2. The van der Waals surface area contributed by atoms with Crippen molar-refractivity contribution in [3.63, 3.8) is 0 Å². The summed E-state index contributed by atoms with van der Waals surface area (Å²) in [7, 11) is 0. The Labute approximate surface area is 142 Å². The SMILES string of the molecule is CC(CCc1ccc(O)cc1)NCc1ccc(Br)c(Br)c1. The number of rotatable bonds is 6. The summed E-state index contributed by atoms with van der Waals surface area (Å²) in [6.07, 6.45) is 2.08. The van der Waals surface area contributed by atoms with E-state index in [0.29, 0.717) is 11.8 Å². The lowest BCUT2D eigenvalue weighted by molar-refractivity contribution is 0.474. The van der Waals surface area contributed by atoms with Crippen molar-refractivity contribution >= 4 is 31.9 Å². The average Bonchev–Trinajstić information content (AvgIpc) is 2.48. The fourth-order valence-electron chi connectivity index (χ4n) is 2.09. The molecule has 1 unspecified atom stereocenters. The second-order valence-electron chi connectivity index (χ2n) is 5.24. The highest BCUT2D eigenvalue weighted by atomic mass is 79.9. The Bertz CT molecular complexity index is 584. The number of hydrogen-bond acceptors (Lipinski definition) is 2. The molecule has 0 aromatic heterocycles. The fourth-order valence-corrected chi connectivity index (χ4v) is 2.76. The van der Waals surface area contributed by atoms with Crippen molar-refractivity contribution in [1.82, 2.24) is 5.32 Å². The highest BCUT2D eigenvalue weighted by molar-refractivity contribution is 9.13. The summed E-state index contributed by atoms with van der Waals surface area (Å²) in [5.74, 6) is 0.325. The van der Waals surface area contributed by atoms with Crippen LogP contribution in [0.3, 0.4) is 0 Å². The molecule has 0 saturated heterocycles. The molecule has 2 N–H and O–H groups in total. The first kappa shape index (κ1) is 16.5. The highest BCUT2D eigenvalue weighted by Crippen LogP contribution is 2.23. The minimum absolute atomic E-state index is 0.325. The van der Waals surface area contributed by atoms with Crippen LogP contribution in [0.2, 0.25) is 0 Å². The van der Waals surface area contributed by atoms with Crippen LogP contribution in [-0.2, 0) is 13.0 Å². The zero-order chi connectivity index (χ0) is 15.2. The van der Waals surface area contributed by atoms with Crippen molar-refractivity contribution < 1.29 is 5.11 Å². The number of phenols is 1. The van der Waals surface area contributed by atoms with Crippen LogP contribution < -0.4 is 5.32 Å². The van der Waals surface area contributed by atoms with Crippen LogP contribution in [0, 0.1) is 0 Å². The van der Waals surface area contributed by atoms with E-state index in [-0.39, 0.29) is 0 Å². The molecule has 0 aliphatic carbocycles. The normalized spacial score (nSPS) is 12.3. The highest BCUT2D eigenvalue weighted by Gasteiger charge is 2.04. The molecule has 0 saturated carbocycles. The van der Waals surface area contributed by atoms with Crippen molar-refractivity contribution in [2.45, 2.75) is 32.4 Å². The van der Waals surface area contributed by atoms with Crippen LogP contribution >= 0.6 is 31.9 Å². The molecule has 2 rings (SSSR count). The summed E-state index contributed by atoms with van der Waals surface area (Å²) < 4.78 is 2.16. The molecule has 0 amide bonds. The first-order chi connectivity index (χ1) is 10.0. The van der Waals surface area contributed by atoms with Crippen molar-refractivity contribution in [3.05, 3.63) is 62.5 Å². The van der Waals surface area contributed by atoms with Gasteiger partial charge in [-0.1, -0.05) is 18.2 Å². The Morgan fingerprint density at radius 1 is 1.00 bits per heavy atom. The molecule has 0 fully saturated rings. The van der Waals surface area contributed by atoms with E-state index < -0.39 is 0 Å². The van der Waals surface area contributed by atoms with Gasteiger partial charge in [-0.15, -0.1) is 0 Å². The third kappa shape index (κ3) is 5.46. The predicted molar refractivity (Wildman–Crippen MR) is 94.6 cm³/mol. The van der Waals surface area contributed by atoms with Gasteiger partial charge < -0.3 is 10.4 Å². The lowest BCUT2D eigenvalue weighted by Gasteiger charge is -2.14. The van der Waals surface area contributed by atoms with Gasteiger partial charge in [-0.3, -0.25) is 0 Å². The summed E-state index contributed by atoms with van der Waals surface area (Å²) in [5, 5.41) is 12.8. The topological polar surface area (TPSA) is 32.3 Å². The van der Waals surface area contributed by atoms with Crippen LogP contribution in [0.5, 0.6) is 5.75 Å². The Hall–Kier alpha value is -0.840. The van der Waals surface area contributed by atoms with E-state index in [1.165, 1.54) is 11.1 Å². The first-order valence-electron chi connectivity index (χ1n) is 7.00. The Balaban J connectivity index is 1.77. The molecular formula is C17H19Br2NO. The molecule has 0 bridgehead atoms. The van der Waals surface area contributed by atoms with Gasteiger partial charge in [0.1, 0.15) is 5.75 Å². The molecule has 2 aromatic rings. The monoisotopic (exact) mass is 411 g/mol. The molecule has 1 atom stereocenters. The standard InChI is InChI=1S/C17H19Br2NO/c1-12(2-3-13-4-7-15(21)8-5-13)20-11-14-6-9-16(18)17(19)10-14/h4-10,12,20-21H,2-3,11H2,1H3. The maximum absolute atomic E-state index is 9.27. The number of phenolic OH excluding ortho intramolecular Hbond substituents is 1. The van der Waals surface area contributed by atoms with Gasteiger partial charge in [0.25, 0.3) is 0 Å². The fraction of sp³-hybridized carbons (Fsp3) is 0.294. The van der Waals surface area contributed by atoms with E-state index in [1.54, 1.807) is 12.1 Å². The number of hydrogen-bond donors (Lipinski definition) is 2. The summed E-state index contributed by atoms with van der Waals surface area (Å²) >= 11 is 7.01. The van der Waals surface area contributed by atoms with Gasteiger partial charge >= 0.3 is 0 Å². The van der Waals surface area contributed by atoms with Crippen molar-refractivity contribution in [2.24, 2.45) is 0 Å². The molecular weight excluding hydrogens is 394 g/mol. The van der Waals surface area contributed by atoms with Crippen molar-refractivity contribution in [1.29, 1.82) is 0 Å². The maximum Gasteiger partial charge on any atom is 0.115 e. The zero-order valence-corrected chi connectivity index (χ0v) is 15.1. The number of aromatic hydroxyl groups is 1. The smallest absolute Gasteiger partial charge is 0.115 e. The van der Waals surface area contributed by atoms with E-state index in [1.807, 2.05) is 12.1 Å². The van der Waals surface area contributed by atoms with Gasteiger partial charge in [0, 0.05) is 21.5 Å². The lowest BCUT2D eigenvalue weighted by atomic mass is 10.1. The minimum atomic E-state index is 0.325. The van der Waals surface area contributed by atoms with Crippen LogP contribution in [0.25, 0.3) is 0 Å². The molecule has 112 valence electrons. The molecule has 0 spiro atoms. The number of benzene rings is 2. The quantitative estimate of drug-likeness (QED) is 0.697. The molecule has 2 nitrogen and oxygen atoms in total. The van der Waals surface area contributed by atoms with Crippen molar-refractivity contribution in [3.8, 4) is 5.75 Å². The third-order valence-corrected chi connectivity index (χ3v) is 5.32. The van der Waals surface area contributed by atoms with Gasteiger partial charge in [-0.2, -0.15) is 0 Å². The molecule has 0 aliphatic heterocycles. The Morgan fingerprint density at radius 3 is 2.33 bits per heavy atom. The molecule has 0 aliphatic rings. The Morgan fingerprint density at radius 2 is 1.67 bits per heavy atom. The number of aryl methyl sites for hydroxylation is 1. The van der Waals surface area contributed by atoms with Gasteiger partial charge in [-0.05, 0) is 87.0 Å². The van der Waals surface area contributed by atoms with Crippen LogP contribution in [0.4, 0.5) is 0 Å². The molecule has 0 heterocycles. The van der Waals surface area contributed by atoms with Gasteiger partial charge in [0.15, 0.2) is 0 Å². The summed E-state index contributed by atoms with van der Waals surface area (Å²) in [5.41, 5.74) is 2.52. The van der Waals surface area contributed by atoms with Crippen LogP contribution in [0.1, 0.15) is 24.5 Å². The zero-order valence-electron chi connectivity index (χ0n) is 11.9. The van der Waals surface area contributed by atoms with E-state index in [4.69, 9.17) is 0 Å². The largest absolute Gasteiger partial charge is 0.508 e. The Kier molecular flexibility index (Phi) is 6.27. The lowest BCUT2D eigenvalue weighted by Crippen LogP contribution is -2.25. The van der Waals surface area contributed by atoms with E-state index in [9.17, 15) is 5.11 Å². The average molecular weight is 413 g/mol. The van der Waals surface area contributed by atoms with Gasteiger partial charge in [0.2, 0.25) is 0 Å². The molecule has 4 heteroatoms. The summed E-state index contributed by atoms with van der Waals surface area (Å²) in [6.45, 7) is 3.07. The second-order valence-corrected chi connectivity index (χ2v) is 6.94.